The first-order valence-electron chi connectivity index (χ1n) is 7.01. The van der Waals surface area contributed by atoms with Crippen molar-refractivity contribution in [2.75, 3.05) is 31.8 Å². The van der Waals surface area contributed by atoms with Crippen molar-refractivity contribution in [2.24, 2.45) is 0 Å². The lowest BCUT2D eigenvalue weighted by Crippen LogP contribution is -2.09. The molecule has 124 valence electrons. The molecule has 0 spiro atoms. The van der Waals surface area contributed by atoms with Crippen molar-refractivity contribution in [1.29, 1.82) is 0 Å². The average Bonchev–Trinajstić information content (AvgIpc) is 2.57. The maximum atomic E-state index is 8.47. The van der Waals surface area contributed by atoms with Gasteiger partial charge in [-0.05, 0) is 30.2 Å². The zero-order valence-corrected chi connectivity index (χ0v) is 16.1. The summed E-state index contributed by atoms with van der Waals surface area (Å²) in [5.41, 5.74) is 2.46. The van der Waals surface area contributed by atoms with Gasteiger partial charge in [-0.2, -0.15) is 0 Å². The topological polar surface area (TPSA) is 38.7 Å². The first-order chi connectivity index (χ1) is 10.7. The minimum Gasteiger partial charge on any atom is -0.491 e. The maximum Gasteiger partial charge on any atom is 0.119 e. The van der Waals surface area contributed by atoms with E-state index in [1.54, 1.807) is 0 Å². The van der Waals surface area contributed by atoms with Gasteiger partial charge in [-0.15, -0.1) is 0 Å². The Kier molecular flexibility index (Phi) is 14.9. The molecule has 0 aliphatic carbocycles. The summed E-state index contributed by atoms with van der Waals surface area (Å²) in [6, 6.07) is 7.89. The Balaban J connectivity index is 0.000000534. The van der Waals surface area contributed by atoms with Crippen LogP contribution in [0.5, 0.6) is 5.75 Å². The van der Waals surface area contributed by atoms with Gasteiger partial charge >= 0.3 is 0 Å². The third-order valence-electron chi connectivity index (χ3n) is 2.60. The van der Waals surface area contributed by atoms with Crippen molar-refractivity contribution >= 4 is 31.9 Å². The van der Waals surface area contributed by atoms with E-state index in [1.807, 2.05) is 43.3 Å². The normalized spacial score (nSPS) is 10.6. The van der Waals surface area contributed by atoms with E-state index in [9.17, 15) is 0 Å². The van der Waals surface area contributed by atoms with E-state index in [2.05, 4.69) is 38.4 Å². The second kappa shape index (κ2) is 15.3. The Morgan fingerprint density at radius 1 is 1.18 bits per heavy atom. The molecule has 3 nitrogen and oxygen atoms in total. The predicted molar refractivity (Wildman–Crippen MR) is 100 cm³/mol. The Hall–Kier alpha value is -0.620. The number of halogens is 2. The fraction of sp³-hybridized carbons (Fsp3) is 0.412. The first kappa shape index (κ1) is 21.4. The molecule has 0 amide bonds. The molecule has 1 rings (SSSR count). The summed E-state index contributed by atoms with van der Waals surface area (Å²) in [6.07, 6.45) is 3.87. The van der Waals surface area contributed by atoms with Crippen LogP contribution in [0.15, 0.2) is 48.6 Å². The van der Waals surface area contributed by atoms with Crippen molar-refractivity contribution in [3.63, 3.8) is 0 Å². The van der Waals surface area contributed by atoms with Crippen LogP contribution in [0.2, 0.25) is 0 Å². The highest BCUT2D eigenvalue weighted by molar-refractivity contribution is 9.09. The van der Waals surface area contributed by atoms with Crippen LogP contribution in [0.25, 0.3) is 0 Å². The monoisotopic (exact) mass is 434 g/mol. The minimum absolute atomic E-state index is 0.0555. The molecule has 0 heterocycles. The lowest BCUT2D eigenvalue weighted by atomic mass is 10.2. The standard InChI is InChI=1S/C11H15BrO3.C6H9Br/c12-9-10-1-3-11(4-2-10)15-8-7-14-6-5-13;1-3-6(4-2)5-7/h1-4,13H,5-9H2;3-4H,1,5H2,2H3/b;6-4+. The maximum absolute atomic E-state index is 8.47. The first-order valence-corrected chi connectivity index (χ1v) is 9.26. The molecule has 0 saturated carbocycles. The summed E-state index contributed by atoms with van der Waals surface area (Å²) < 4.78 is 10.5. The van der Waals surface area contributed by atoms with Gasteiger partial charge in [-0.3, -0.25) is 0 Å². The molecule has 0 bridgehead atoms. The molecular formula is C17H24Br2O3. The van der Waals surface area contributed by atoms with E-state index >= 15 is 0 Å². The third-order valence-corrected chi connectivity index (χ3v) is 3.89. The molecule has 22 heavy (non-hydrogen) atoms. The number of alkyl halides is 2. The molecule has 0 atom stereocenters. The van der Waals surface area contributed by atoms with Crippen LogP contribution in [0.1, 0.15) is 12.5 Å². The highest BCUT2D eigenvalue weighted by Gasteiger charge is 1.94. The summed E-state index contributed by atoms with van der Waals surface area (Å²) in [5.74, 6) is 0.840. The number of hydrogen-bond acceptors (Lipinski definition) is 3. The number of hydrogen-bond donors (Lipinski definition) is 1. The minimum atomic E-state index is 0.0555. The largest absolute Gasteiger partial charge is 0.491 e. The fourth-order valence-electron chi connectivity index (χ4n) is 1.31. The van der Waals surface area contributed by atoms with Crippen molar-refractivity contribution < 1.29 is 14.6 Å². The van der Waals surface area contributed by atoms with E-state index in [4.69, 9.17) is 14.6 Å². The summed E-state index contributed by atoms with van der Waals surface area (Å²) in [6.45, 7) is 7.03. The molecular weight excluding hydrogens is 412 g/mol. The number of aliphatic hydroxyl groups excluding tert-OH is 1. The third kappa shape index (κ3) is 11.0. The van der Waals surface area contributed by atoms with Crippen LogP contribution in [0, 0.1) is 0 Å². The Morgan fingerprint density at radius 3 is 2.27 bits per heavy atom. The molecule has 0 aliphatic rings. The number of aliphatic hydroxyl groups is 1. The molecule has 0 radical (unpaired) electrons. The van der Waals surface area contributed by atoms with Gasteiger partial charge in [0.1, 0.15) is 12.4 Å². The average molecular weight is 436 g/mol. The smallest absolute Gasteiger partial charge is 0.119 e. The van der Waals surface area contributed by atoms with E-state index < -0.39 is 0 Å². The van der Waals surface area contributed by atoms with Gasteiger partial charge < -0.3 is 14.6 Å². The van der Waals surface area contributed by atoms with Gasteiger partial charge in [-0.1, -0.05) is 62.7 Å². The molecule has 0 fully saturated rings. The van der Waals surface area contributed by atoms with Gasteiger partial charge in [-0.25, -0.2) is 0 Å². The Morgan fingerprint density at radius 2 is 1.86 bits per heavy atom. The van der Waals surface area contributed by atoms with Crippen molar-refractivity contribution in [2.45, 2.75) is 12.3 Å². The second-order valence-electron chi connectivity index (χ2n) is 4.16. The van der Waals surface area contributed by atoms with E-state index in [0.717, 1.165) is 16.4 Å². The Labute approximate surface area is 150 Å². The van der Waals surface area contributed by atoms with Crippen LogP contribution in [-0.4, -0.2) is 36.9 Å². The number of allylic oxidation sites excluding steroid dienone is 3. The van der Waals surface area contributed by atoms with Crippen LogP contribution in [0.3, 0.4) is 0 Å². The summed E-state index contributed by atoms with van der Waals surface area (Å²) in [4.78, 5) is 0. The van der Waals surface area contributed by atoms with E-state index in [-0.39, 0.29) is 6.61 Å². The van der Waals surface area contributed by atoms with Crippen LogP contribution < -0.4 is 4.74 Å². The fourth-order valence-corrected chi connectivity index (χ4v) is 2.24. The Bertz CT molecular complexity index is 416. The van der Waals surface area contributed by atoms with Gasteiger partial charge in [0, 0.05) is 10.7 Å². The lowest BCUT2D eigenvalue weighted by molar-refractivity contribution is 0.0705. The van der Waals surface area contributed by atoms with Crippen molar-refractivity contribution in [3.8, 4) is 5.75 Å². The molecule has 0 saturated heterocycles. The van der Waals surface area contributed by atoms with E-state index in [1.165, 1.54) is 11.1 Å². The molecule has 0 aromatic heterocycles. The lowest BCUT2D eigenvalue weighted by Gasteiger charge is -2.06. The second-order valence-corrected chi connectivity index (χ2v) is 5.28. The van der Waals surface area contributed by atoms with Crippen LogP contribution >= 0.6 is 31.9 Å². The van der Waals surface area contributed by atoms with Gasteiger partial charge in [0.25, 0.3) is 0 Å². The highest BCUT2D eigenvalue weighted by Crippen LogP contribution is 2.13. The predicted octanol–water partition coefficient (Wildman–Crippen LogP) is 4.48. The summed E-state index contributed by atoms with van der Waals surface area (Å²) in [7, 11) is 0. The van der Waals surface area contributed by atoms with Gasteiger partial charge in [0.15, 0.2) is 0 Å². The van der Waals surface area contributed by atoms with Gasteiger partial charge in [0.2, 0.25) is 0 Å². The SMILES string of the molecule is C=C/C(=C\C)CBr.OCCOCCOc1ccc(CBr)cc1. The van der Waals surface area contributed by atoms with E-state index in [0.29, 0.717) is 19.8 Å². The molecule has 0 aliphatic heterocycles. The molecule has 0 unspecified atom stereocenters. The van der Waals surface area contributed by atoms with Crippen molar-refractivity contribution in [3.05, 3.63) is 54.1 Å². The number of rotatable bonds is 9. The number of benzene rings is 1. The number of ether oxygens (including phenoxy) is 2. The van der Waals surface area contributed by atoms with Crippen LogP contribution in [0.4, 0.5) is 0 Å². The van der Waals surface area contributed by atoms with Gasteiger partial charge in [0.05, 0.1) is 19.8 Å². The molecule has 5 heteroatoms. The van der Waals surface area contributed by atoms with Crippen LogP contribution in [-0.2, 0) is 10.1 Å². The zero-order chi connectivity index (χ0) is 16.6. The van der Waals surface area contributed by atoms with Crippen molar-refractivity contribution in [1.82, 2.24) is 0 Å². The molecule has 1 aromatic rings. The highest BCUT2D eigenvalue weighted by atomic mass is 79.9. The zero-order valence-electron chi connectivity index (χ0n) is 12.9. The summed E-state index contributed by atoms with van der Waals surface area (Å²) in [5, 5.41) is 10.2. The quantitative estimate of drug-likeness (QED) is 0.353. The molecule has 1 aromatic carbocycles. The summed E-state index contributed by atoms with van der Waals surface area (Å²) >= 11 is 6.68. The molecule has 1 N–H and O–H groups in total.